The zero-order valence-electron chi connectivity index (χ0n) is 10.0. The van der Waals surface area contributed by atoms with Gasteiger partial charge in [-0.15, -0.1) is 0 Å². The zero-order valence-corrected chi connectivity index (χ0v) is 10.0. The molecule has 1 amide bonds. The topological polar surface area (TPSA) is 57.6 Å². The van der Waals surface area contributed by atoms with Gasteiger partial charge < -0.3 is 10.0 Å². The molecule has 1 N–H and O–H groups in total. The molecule has 1 aliphatic heterocycles. The zero-order chi connectivity index (χ0) is 12.7. The second-order valence-corrected chi connectivity index (χ2v) is 5.01. The number of amides is 1. The van der Waals surface area contributed by atoms with Crippen LogP contribution in [0.3, 0.4) is 0 Å². The summed E-state index contributed by atoms with van der Waals surface area (Å²) in [6, 6.07) is 7.89. The minimum Gasteiger partial charge on any atom is -0.481 e. The first-order valence-corrected chi connectivity index (χ1v) is 6.30. The Kier molecular flexibility index (Phi) is 2.58. The van der Waals surface area contributed by atoms with Crippen LogP contribution in [0.1, 0.15) is 18.4 Å². The number of carbonyl (C=O) groups excluding carboxylic acids is 1. The van der Waals surface area contributed by atoms with Crippen molar-refractivity contribution in [2.45, 2.75) is 19.3 Å². The van der Waals surface area contributed by atoms with E-state index in [1.54, 1.807) is 4.90 Å². The first-order valence-electron chi connectivity index (χ1n) is 6.30. The molecule has 4 heteroatoms. The smallest absolute Gasteiger partial charge is 0.307 e. The van der Waals surface area contributed by atoms with E-state index in [-0.39, 0.29) is 11.8 Å². The van der Waals surface area contributed by atoms with E-state index in [2.05, 4.69) is 0 Å². The van der Waals surface area contributed by atoms with Crippen molar-refractivity contribution < 1.29 is 14.7 Å². The fraction of sp³-hybridized carbons (Fsp3) is 0.429. The van der Waals surface area contributed by atoms with Crippen molar-refractivity contribution >= 4 is 17.6 Å². The highest BCUT2D eigenvalue weighted by molar-refractivity contribution is 6.00. The number of carboxylic acid groups (broad SMARTS) is 1. The van der Waals surface area contributed by atoms with Crippen LogP contribution in [0.4, 0.5) is 5.69 Å². The van der Waals surface area contributed by atoms with Gasteiger partial charge in [-0.1, -0.05) is 18.2 Å². The molecule has 1 heterocycles. The Hall–Kier alpha value is -1.84. The molecule has 1 saturated carbocycles. The number of anilines is 1. The van der Waals surface area contributed by atoms with Crippen LogP contribution in [0.25, 0.3) is 0 Å². The van der Waals surface area contributed by atoms with Gasteiger partial charge >= 0.3 is 5.97 Å². The van der Waals surface area contributed by atoms with Crippen LogP contribution in [0.15, 0.2) is 24.3 Å². The first kappa shape index (κ1) is 11.3. The van der Waals surface area contributed by atoms with E-state index in [4.69, 9.17) is 5.11 Å². The summed E-state index contributed by atoms with van der Waals surface area (Å²) in [4.78, 5) is 24.9. The molecule has 3 rings (SSSR count). The molecule has 0 radical (unpaired) electrons. The maximum atomic E-state index is 12.3. The third-order valence-corrected chi connectivity index (χ3v) is 3.80. The van der Waals surface area contributed by atoms with Gasteiger partial charge in [-0.25, -0.2) is 0 Å². The molecule has 1 aromatic rings. The molecule has 1 fully saturated rings. The Morgan fingerprint density at radius 3 is 2.72 bits per heavy atom. The SMILES string of the molecule is O=C(O)C1CC1C(=O)N1CCCc2ccccc21. The Bertz CT molecular complexity index is 512. The van der Waals surface area contributed by atoms with E-state index in [0.29, 0.717) is 13.0 Å². The second-order valence-electron chi connectivity index (χ2n) is 5.01. The van der Waals surface area contributed by atoms with E-state index in [9.17, 15) is 9.59 Å². The number of hydrogen-bond donors (Lipinski definition) is 1. The molecule has 0 bridgehead atoms. The first-order chi connectivity index (χ1) is 8.68. The number of nitrogens with zero attached hydrogens (tertiary/aromatic N) is 1. The number of rotatable bonds is 2. The van der Waals surface area contributed by atoms with Gasteiger partial charge in [0, 0.05) is 12.2 Å². The number of aliphatic carboxylic acids is 1. The van der Waals surface area contributed by atoms with Crippen molar-refractivity contribution in [2.24, 2.45) is 11.8 Å². The summed E-state index contributed by atoms with van der Waals surface area (Å²) in [5.74, 6) is -1.64. The average molecular weight is 245 g/mol. The van der Waals surface area contributed by atoms with E-state index >= 15 is 0 Å². The van der Waals surface area contributed by atoms with Crippen LogP contribution in [0.2, 0.25) is 0 Å². The minimum atomic E-state index is -0.848. The molecule has 0 aromatic heterocycles. The number of benzene rings is 1. The number of para-hydroxylation sites is 1. The monoisotopic (exact) mass is 245 g/mol. The Morgan fingerprint density at radius 1 is 1.22 bits per heavy atom. The molecular formula is C14H15NO3. The molecule has 94 valence electrons. The lowest BCUT2D eigenvalue weighted by Gasteiger charge is -2.29. The summed E-state index contributed by atoms with van der Waals surface area (Å²) in [7, 11) is 0. The number of carbonyl (C=O) groups is 2. The maximum Gasteiger partial charge on any atom is 0.307 e. The summed E-state index contributed by atoms with van der Waals surface area (Å²) in [6.45, 7) is 0.707. The molecular weight excluding hydrogens is 230 g/mol. The molecule has 0 saturated heterocycles. The molecule has 4 nitrogen and oxygen atoms in total. The molecule has 18 heavy (non-hydrogen) atoms. The lowest BCUT2D eigenvalue weighted by molar-refractivity contribution is -0.140. The lowest BCUT2D eigenvalue weighted by Crippen LogP contribution is -2.37. The standard InChI is InChI=1S/C14H15NO3/c16-13(10-8-11(10)14(17)18)15-7-3-5-9-4-1-2-6-12(9)15/h1-2,4,6,10-11H,3,5,7-8H2,(H,17,18). The molecule has 2 atom stereocenters. The van der Waals surface area contributed by atoms with Crippen molar-refractivity contribution in [2.75, 3.05) is 11.4 Å². The quantitative estimate of drug-likeness (QED) is 0.862. The highest BCUT2D eigenvalue weighted by Gasteiger charge is 2.50. The Balaban J connectivity index is 1.82. The average Bonchev–Trinajstić information content (AvgIpc) is 3.17. The van der Waals surface area contributed by atoms with Crippen molar-refractivity contribution in [3.8, 4) is 0 Å². The van der Waals surface area contributed by atoms with Gasteiger partial charge in [-0.3, -0.25) is 9.59 Å². The number of hydrogen-bond acceptors (Lipinski definition) is 2. The van der Waals surface area contributed by atoms with Crippen LogP contribution in [-0.4, -0.2) is 23.5 Å². The van der Waals surface area contributed by atoms with E-state index in [1.807, 2.05) is 24.3 Å². The normalized spacial score (nSPS) is 25.4. The Labute approximate surface area is 105 Å². The third kappa shape index (κ3) is 1.78. The third-order valence-electron chi connectivity index (χ3n) is 3.80. The van der Waals surface area contributed by atoms with Gasteiger partial charge in [-0.05, 0) is 30.9 Å². The van der Waals surface area contributed by atoms with Crippen molar-refractivity contribution in [1.29, 1.82) is 0 Å². The predicted octanol–water partition coefficient (Wildman–Crippen LogP) is 1.69. The molecule has 1 aliphatic carbocycles. The second kappa shape index (κ2) is 4.12. The van der Waals surface area contributed by atoms with Crippen LogP contribution in [0, 0.1) is 11.8 Å². The van der Waals surface area contributed by atoms with Gasteiger partial charge in [-0.2, -0.15) is 0 Å². The van der Waals surface area contributed by atoms with Crippen LogP contribution >= 0.6 is 0 Å². The number of fused-ring (bicyclic) bond motifs is 1. The summed E-state index contributed by atoms with van der Waals surface area (Å²) < 4.78 is 0. The van der Waals surface area contributed by atoms with Gasteiger partial charge in [0.05, 0.1) is 11.8 Å². The predicted molar refractivity (Wildman–Crippen MR) is 66.3 cm³/mol. The van der Waals surface area contributed by atoms with Gasteiger partial charge in [0.1, 0.15) is 0 Å². The van der Waals surface area contributed by atoms with Crippen molar-refractivity contribution in [3.05, 3.63) is 29.8 Å². The summed E-state index contributed by atoms with van der Waals surface area (Å²) in [5.41, 5.74) is 2.15. The van der Waals surface area contributed by atoms with Crippen LogP contribution in [-0.2, 0) is 16.0 Å². The largest absolute Gasteiger partial charge is 0.481 e. The molecule has 2 aliphatic rings. The van der Waals surface area contributed by atoms with Gasteiger partial charge in [0.25, 0.3) is 0 Å². The molecule has 2 unspecified atom stereocenters. The highest BCUT2D eigenvalue weighted by atomic mass is 16.4. The molecule has 1 aromatic carbocycles. The van der Waals surface area contributed by atoms with E-state index in [1.165, 1.54) is 5.56 Å². The van der Waals surface area contributed by atoms with E-state index in [0.717, 1.165) is 18.5 Å². The Morgan fingerprint density at radius 2 is 2.00 bits per heavy atom. The summed E-state index contributed by atoms with van der Waals surface area (Å²) in [5, 5.41) is 8.90. The lowest BCUT2D eigenvalue weighted by atomic mass is 10.0. The van der Waals surface area contributed by atoms with Gasteiger partial charge in [0.2, 0.25) is 5.91 Å². The number of aryl methyl sites for hydroxylation is 1. The summed E-state index contributed by atoms with van der Waals surface area (Å²) >= 11 is 0. The number of carboxylic acids is 1. The van der Waals surface area contributed by atoms with Crippen molar-refractivity contribution in [1.82, 2.24) is 0 Å². The van der Waals surface area contributed by atoms with Gasteiger partial charge in [0.15, 0.2) is 0 Å². The maximum absolute atomic E-state index is 12.3. The highest BCUT2D eigenvalue weighted by Crippen LogP contribution is 2.42. The van der Waals surface area contributed by atoms with Crippen LogP contribution < -0.4 is 4.90 Å². The molecule has 0 spiro atoms. The van der Waals surface area contributed by atoms with Crippen LogP contribution in [0.5, 0.6) is 0 Å². The minimum absolute atomic E-state index is 0.0189. The fourth-order valence-electron chi connectivity index (χ4n) is 2.70. The fourth-order valence-corrected chi connectivity index (χ4v) is 2.70. The van der Waals surface area contributed by atoms with E-state index < -0.39 is 11.9 Å². The van der Waals surface area contributed by atoms with Crippen molar-refractivity contribution in [3.63, 3.8) is 0 Å². The summed E-state index contributed by atoms with van der Waals surface area (Å²) in [6.07, 6.45) is 2.44.